The minimum atomic E-state index is -6.09. The molecule has 0 N–H and O–H groups in total. The van der Waals surface area contributed by atoms with Gasteiger partial charge in [0.15, 0.2) is 20.2 Å². The summed E-state index contributed by atoms with van der Waals surface area (Å²) in [5.41, 5.74) is -6.68. The van der Waals surface area contributed by atoms with Crippen LogP contribution in [-0.4, -0.2) is 67.8 Å². The van der Waals surface area contributed by atoms with Gasteiger partial charge in [-0.3, -0.25) is 19.8 Å². The largest absolute Gasteiger partial charge is 2.00 e. The number of pyridine rings is 2. The number of fused-ring (bicyclic) bond motifs is 4. The molecule has 0 unspecified atom stereocenters. The van der Waals surface area contributed by atoms with Gasteiger partial charge in [0.05, 0.1) is 34.9 Å². The Kier molecular flexibility index (Phi) is 21.5. The molecule has 1 aliphatic rings. The van der Waals surface area contributed by atoms with Gasteiger partial charge in [-0.1, -0.05) is 12.1 Å². The molecule has 0 atom stereocenters. The molecule has 272 valence electrons. The van der Waals surface area contributed by atoms with Gasteiger partial charge in [0.25, 0.3) is 0 Å². The summed E-state index contributed by atoms with van der Waals surface area (Å²) in [4.78, 5) is 14.8. The number of rotatable bonds is 0. The van der Waals surface area contributed by atoms with Crippen molar-refractivity contribution in [1.29, 1.82) is 10.5 Å². The van der Waals surface area contributed by atoms with Gasteiger partial charge in [0.2, 0.25) is 0 Å². The van der Waals surface area contributed by atoms with Gasteiger partial charge < -0.3 is 9.11 Å². The van der Waals surface area contributed by atoms with E-state index >= 15 is 0 Å². The van der Waals surface area contributed by atoms with Crippen LogP contribution in [0.4, 0.5) is 26.3 Å². The molecule has 0 saturated heterocycles. The molecule has 0 radical (unpaired) electrons. The van der Waals surface area contributed by atoms with Crippen LogP contribution in [0, 0.1) is 22.7 Å². The van der Waals surface area contributed by atoms with Gasteiger partial charge in [0, 0.05) is 51.1 Å². The Morgan fingerprint density at radius 2 is 0.776 bits per heavy atom. The average molecular weight is 798 g/mol. The van der Waals surface area contributed by atoms with Crippen molar-refractivity contribution >= 4 is 20.2 Å². The summed E-state index contributed by atoms with van der Waals surface area (Å²) in [7, 11) is -12.2. The SMILES string of the molecule is CC#N.CC#N.CC(C)(C)N1Cc2cccc(n2)CN(C(C)(C)C)Cc2cccc(n2)C1.O=S(=O)([O-])C(F)(F)F.O=S(=O)([O-])C(F)(F)F.[Zn+2]. The van der Waals surface area contributed by atoms with Gasteiger partial charge >= 0.3 is 30.5 Å². The van der Waals surface area contributed by atoms with Crippen LogP contribution in [0.15, 0.2) is 36.4 Å². The second-order valence-corrected chi connectivity index (χ2v) is 14.3. The van der Waals surface area contributed by atoms with Gasteiger partial charge in [-0.2, -0.15) is 36.9 Å². The molecule has 0 amide bonds. The third-order valence-electron chi connectivity index (χ3n) is 5.60. The van der Waals surface area contributed by atoms with Gasteiger partial charge in [-0.15, -0.1) is 0 Å². The summed E-state index contributed by atoms with van der Waals surface area (Å²) in [5, 5.41) is 14.6. The van der Waals surface area contributed by atoms with Crippen molar-refractivity contribution in [3.05, 3.63) is 59.2 Å². The number of hydrogen-bond acceptors (Lipinski definition) is 12. The first-order valence-corrected chi connectivity index (χ1v) is 16.3. The second-order valence-electron chi connectivity index (χ2n) is 11.5. The van der Waals surface area contributed by atoms with Crippen LogP contribution in [0.3, 0.4) is 0 Å². The average Bonchev–Trinajstić information content (AvgIpc) is 2.86. The normalized spacial score (nSPS) is 14.2. The third kappa shape index (κ3) is 21.1. The first-order chi connectivity index (χ1) is 21.4. The van der Waals surface area contributed by atoms with E-state index in [0.717, 1.165) is 49.0 Å². The zero-order valence-corrected chi connectivity index (χ0v) is 32.8. The number of hydrogen-bond donors (Lipinski definition) is 0. The van der Waals surface area contributed by atoms with E-state index in [0.29, 0.717) is 0 Å². The quantitative estimate of drug-likeness (QED) is 0.140. The summed E-state index contributed by atoms with van der Waals surface area (Å²) in [6, 6.07) is 16.3. The van der Waals surface area contributed by atoms with E-state index in [1.54, 1.807) is 12.1 Å². The molecular weight excluding hydrogens is 760 g/mol. The first-order valence-electron chi connectivity index (χ1n) is 13.5. The molecular formula is C28H38F6N6O6S2Zn. The Balaban J connectivity index is -0.000000757. The van der Waals surface area contributed by atoms with Crippen molar-refractivity contribution in [3.8, 4) is 12.1 Å². The molecule has 3 rings (SSSR count). The van der Waals surface area contributed by atoms with Crippen LogP contribution >= 0.6 is 0 Å². The van der Waals surface area contributed by atoms with Crippen molar-refractivity contribution in [2.24, 2.45) is 0 Å². The number of nitriles is 2. The maximum atomic E-state index is 10.7. The Hall–Kier alpha value is -2.78. The Labute approximate surface area is 296 Å². The second kappa shape index (κ2) is 20.8. The molecule has 49 heavy (non-hydrogen) atoms. The van der Waals surface area contributed by atoms with Gasteiger partial charge in [0.1, 0.15) is 0 Å². The Morgan fingerprint density at radius 3 is 0.898 bits per heavy atom. The van der Waals surface area contributed by atoms with E-state index < -0.39 is 31.3 Å². The van der Waals surface area contributed by atoms with Crippen LogP contribution in [0.5, 0.6) is 0 Å². The van der Waals surface area contributed by atoms with Crippen LogP contribution < -0.4 is 0 Å². The van der Waals surface area contributed by atoms with E-state index in [-0.39, 0.29) is 30.6 Å². The zero-order valence-electron chi connectivity index (χ0n) is 28.2. The van der Waals surface area contributed by atoms with Crippen molar-refractivity contribution in [3.63, 3.8) is 0 Å². The summed E-state index contributed by atoms with van der Waals surface area (Å²) >= 11 is 0. The molecule has 4 bridgehead atoms. The smallest absolute Gasteiger partial charge is 0.741 e. The molecule has 3 heterocycles. The van der Waals surface area contributed by atoms with Crippen LogP contribution in [-0.2, 0) is 65.9 Å². The maximum Gasteiger partial charge on any atom is 2.00 e. The van der Waals surface area contributed by atoms with E-state index in [2.05, 4.69) is 87.7 Å². The molecule has 0 spiro atoms. The monoisotopic (exact) mass is 796 g/mol. The fraction of sp³-hybridized carbons (Fsp3) is 0.571. The maximum absolute atomic E-state index is 10.7. The van der Waals surface area contributed by atoms with Crippen molar-refractivity contribution < 1.29 is 71.8 Å². The van der Waals surface area contributed by atoms with E-state index in [4.69, 9.17) is 46.4 Å². The van der Waals surface area contributed by atoms with Crippen LogP contribution in [0.25, 0.3) is 0 Å². The summed E-state index contributed by atoms with van der Waals surface area (Å²) in [6.45, 7) is 19.7. The molecule has 12 nitrogen and oxygen atoms in total. The fourth-order valence-electron chi connectivity index (χ4n) is 3.25. The summed E-state index contributed by atoms with van der Waals surface area (Å²) in [6.07, 6.45) is 0. The van der Waals surface area contributed by atoms with Gasteiger partial charge in [-0.25, -0.2) is 16.8 Å². The topological polar surface area (TPSA) is 194 Å². The Morgan fingerprint density at radius 1 is 0.612 bits per heavy atom. The summed E-state index contributed by atoms with van der Waals surface area (Å²) in [5.74, 6) is 0. The summed E-state index contributed by atoms with van der Waals surface area (Å²) < 4.78 is 118. The number of aromatic nitrogens is 2. The van der Waals surface area contributed by atoms with E-state index in [9.17, 15) is 26.3 Å². The Bertz CT molecular complexity index is 1440. The number of halogens is 6. The number of nitrogens with zero attached hydrogens (tertiary/aromatic N) is 6. The van der Waals surface area contributed by atoms with Crippen molar-refractivity contribution in [2.45, 2.75) is 104 Å². The molecule has 2 aromatic heterocycles. The van der Waals surface area contributed by atoms with Crippen LogP contribution in [0.1, 0.15) is 78.2 Å². The first kappa shape index (κ1) is 50.6. The third-order valence-corrected chi connectivity index (χ3v) is 6.74. The minimum absolute atomic E-state index is 0. The van der Waals surface area contributed by atoms with E-state index in [1.165, 1.54) is 13.8 Å². The van der Waals surface area contributed by atoms with Crippen LogP contribution in [0.2, 0.25) is 0 Å². The zero-order chi connectivity index (χ0) is 38.4. The molecule has 0 aliphatic carbocycles. The van der Waals surface area contributed by atoms with E-state index in [1.807, 2.05) is 0 Å². The molecule has 21 heteroatoms. The standard InChI is InChI=1S/C22H32N4.2C2H3N.2CHF3O3S.Zn/c1-21(2,3)25-13-17-9-7-11-19(23-17)15-26(22(4,5)6)16-20-12-8-10-18(14-25)24-20;2*1-2-3;2*2-1(3,4)8(5,6)7;/h7-12H,13-16H2,1-6H3;2*1H3;2*(H,5,6,7);/q;;;;;+2/p-2. The van der Waals surface area contributed by atoms with Gasteiger partial charge in [-0.05, 0) is 65.8 Å². The molecule has 0 fully saturated rings. The molecule has 0 aromatic carbocycles. The fourth-order valence-corrected chi connectivity index (χ4v) is 3.25. The predicted molar refractivity (Wildman–Crippen MR) is 161 cm³/mol. The molecule has 0 saturated carbocycles. The van der Waals surface area contributed by atoms with Crippen molar-refractivity contribution in [2.75, 3.05) is 0 Å². The molecule has 1 aliphatic heterocycles. The number of alkyl halides is 6. The van der Waals surface area contributed by atoms with Crippen molar-refractivity contribution in [1.82, 2.24) is 19.8 Å². The molecule has 2 aromatic rings. The minimum Gasteiger partial charge on any atom is -0.741 e. The predicted octanol–water partition coefficient (Wildman–Crippen LogP) is 5.55.